The van der Waals surface area contributed by atoms with Crippen LogP contribution in [0, 0.1) is 11.3 Å². The summed E-state index contributed by atoms with van der Waals surface area (Å²) < 4.78 is 0. The fraction of sp³-hybridized carbons (Fsp3) is 0.300. The molecular weight excluding hydrogens is 164 g/mol. The Bertz CT molecular complexity index is 368. The van der Waals surface area contributed by atoms with E-state index in [4.69, 9.17) is 10.4 Å². The zero-order chi connectivity index (χ0) is 9.26. The summed E-state index contributed by atoms with van der Waals surface area (Å²) >= 11 is 0. The number of rotatable bonds is 1. The molecule has 1 aliphatic heterocycles. The number of hydrogen-bond donors (Lipinski definition) is 2. The monoisotopic (exact) mass is 174 g/mol. The van der Waals surface area contributed by atoms with Crippen molar-refractivity contribution in [1.29, 1.82) is 5.26 Å². The summed E-state index contributed by atoms with van der Waals surface area (Å²) in [4.78, 5) is 0. The molecule has 0 spiro atoms. The number of hydrogen-bond acceptors (Lipinski definition) is 3. The van der Waals surface area contributed by atoms with Gasteiger partial charge in [0, 0.05) is 5.69 Å². The Kier molecular flexibility index (Phi) is 1.91. The van der Waals surface area contributed by atoms with Crippen LogP contribution >= 0.6 is 0 Å². The third-order valence-corrected chi connectivity index (χ3v) is 2.33. The molecule has 1 aromatic rings. The SMILES string of the molecule is N#Cc1cccc2c1C[C@@H](CO)N2. The second-order valence-electron chi connectivity index (χ2n) is 3.17. The zero-order valence-electron chi connectivity index (χ0n) is 7.12. The van der Waals surface area contributed by atoms with E-state index in [1.54, 1.807) is 6.07 Å². The van der Waals surface area contributed by atoms with E-state index in [1.165, 1.54) is 0 Å². The molecule has 1 aliphatic rings. The fourth-order valence-corrected chi connectivity index (χ4v) is 1.67. The summed E-state index contributed by atoms with van der Waals surface area (Å²) in [5, 5.41) is 20.9. The normalized spacial score (nSPS) is 18.9. The molecule has 0 fully saturated rings. The van der Waals surface area contributed by atoms with E-state index >= 15 is 0 Å². The minimum atomic E-state index is 0.0736. The molecule has 0 bridgehead atoms. The highest BCUT2D eigenvalue weighted by Crippen LogP contribution is 2.27. The van der Waals surface area contributed by atoms with Crippen molar-refractivity contribution in [3.63, 3.8) is 0 Å². The molecule has 13 heavy (non-hydrogen) atoms. The lowest BCUT2D eigenvalue weighted by molar-refractivity contribution is 0.277. The number of anilines is 1. The van der Waals surface area contributed by atoms with Gasteiger partial charge in [-0.2, -0.15) is 5.26 Å². The van der Waals surface area contributed by atoms with Crippen LogP contribution in [0.3, 0.4) is 0 Å². The van der Waals surface area contributed by atoms with Crippen molar-refractivity contribution < 1.29 is 5.11 Å². The van der Waals surface area contributed by atoms with Crippen molar-refractivity contribution in [2.24, 2.45) is 0 Å². The lowest BCUT2D eigenvalue weighted by Crippen LogP contribution is -2.19. The van der Waals surface area contributed by atoms with Gasteiger partial charge in [-0.15, -0.1) is 0 Å². The highest BCUT2D eigenvalue weighted by molar-refractivity contribution is 5.62. The Morgan fingerprint density at radius 1 is 1.62 bits per heavy atom. The first kappa shape index (κ1) is 8.09. The van der Waals surface area contributed by atoms with Gasteiger partial charge in [-0.1, -0.05) is 6.07 Å². The first-order chi connectivity index (χ1) is 6.35. The average molecular weight is 174 g/mol. The fourth-order valence-electron chi connectivity index (χ4n) is 1.67. The van der Waals surface area contributed by atoms with Crippen molar-refractivity contribution in [3.8, 4) is 6.07 Å². The molecule has 1 aromatic carbocycles. The Hall–Kier alpha value is -1.53. The second kappa shape index (κ2) is 3.08. The Morgan fingerprint density at radius 2 is 2.46 bits per heavy atom. The smallest absolute Gasteiger partial charge is 0.0995 e. The van der Waals surface area contributed by atoms with E-state index in [1.807, 2.05) is 12.1 Å². The van der Waals surface area contributed by atoms with Gasteiger partial charge in [-0.05, 0) is 24.1 Å². The Morgan fingerprint density at radius 3 is 3.15 bits per heavy atom. The quantitative estimate of drug-likeness (QED) is 0.664. The molecule has 0 aromatic heterocycles. The summed E-state index contributed by atoms with van der Waals surface area (Å²) in [5.41, 5.74) is 2.73. The van der Waals surface area contributed by atoms with Crippen molar-refractivity contribution in [3.05, 3.63) is 29.3 Å². The summed E-state index contributed by atoms with van der Waals surface area (Å²) in [6.07, 6.45) is 0.746. The summed E-state index contributed by atoms with van der Waals surface area (Å²) in [5.74, 6) is 0. The molecular formula is C10H10N2O. The van der Waals surface area contributed by atoms with Gasteiger partial charge in [-0.3, -0.25) is 0 Å². The molecule has 2 rings (SSSR count). The number of nitrogens with zero attached hydrogens (tertiary/aromatic N) is 1. The van der Waals surface area contributed by atoms with Crippen LogP contribution < -0.4 is 5.32 Å². The van der Waals surface area contributed by atoms with Crippen LogP contribution in [0.5, 0.6) is 0 Å². The van der Waals surface area contributed by atoms with Gasteiger partial charge in [0.15, 0.2) is 0 Å². The highest BCUT2D eigenvalue weighted by atomic mass is 16.3. The van der Waals surface area contributed by atoms with Gasteiger partial charge in [0.1, 0.15) is 0 Å². The van der Waals surface area contributed by atoms with E-state index in [0.717, 1.165) is 17.7 Å². The number of benzene rings is 1. The van der Waals surface area contributed by atoms with Crippen LogP contribution in [-0.4, -0.2) is 17.8 Å². The highest BCUT2D eigenvalue weighted by Gasteiger charge is 2.21. The molecule has 0 saturated heterocycles. The zero-order valence-corrected chi connectivity index (χ0v) is 7.12. The van der Waals surface area contributed by atoms with Crippen LogP contribution in [-0.2, 0) is 6.42 Å². The van der Waals surface area contributed by atoms with Crippen LogP contribution in [0.15, 0.2) is 18.2 Å². The van der Waals surface area contributed by atoms with Gasteiger partial charge in [0.05, 0.1) is 24.3 Å². The third-order valence-electron chi connectivity index (χ3n) is 2.33. The molecule has 3 nitrogen and oxygen atoms in total. The first-order valence-electron chi connectivity index (χ1n) is 4.24. The average Bonchev–Trinajstić information content (AvgIpc) is 2.59. The van der Waals surface area contributed by atoms with E-state index in [0.29, 0.717) is 5.56 Å². The molecule has 0 radical (unpaired) electrons. The minimum absolute atomic E-state index is 0.0736. The lowest BCUT2D eigenvalue weighted by atomic mass is 10.0. The molecule has 66 valence electrons. The number of nitrogens with one attached hydrogen (secondary N) is 1. The van der Waals surface area contributed by atoms with Gasteiger partial charge in [0.25, 0.3) is 0 Å². The van der Waals surface area contributed by atoms with Crippen molar-refractivity contribution in [2.75, 3.05) is 11.9 Å². The first-order valence-corrected chi connectivity index (χ1v) is 4.24. The van der Waals surface area contributed by atoms with Crippen LogP contribution in [0.1, 0.15) is 11.1 Å². The van der Waals surface area contributed by atoms with E-state index in [-0.39, 0.29) is 12.6 Å². The van der Waals surface area contributed by atoms with Gasteiger partial charge in [-0.25, -0.2) is 0 Å². The van der Waals surface area contributed by atoms with Crippen LogP contribution in [0.2, 0.25) is 0 Å². The van der Waals surface area contributed by atoms with Crippen molar-refractivity contribution in [1.82, 2.24) is 0 Å². The maximum Gasteiger partial charge on any atom is 0.0995 e. The lowest BCUT2D eigenvalue weighted by Gasteiger charge is -2.04. The van der Waals surface area contributed by atoms with Gasteiger partial charge in [0.2, 0.25) is 0 Å². The predicted octanol–water partition coefficient (Wildman–Crippen LogP) is 0.887. The maximum absolute atomic E-state index is 8.96. The molecule has 0 unspecified atom stereocenters. The van der Waals surface area contributed by atoms with E-state index in [9.17, 15) is 0 Å². The number of aliphatic hydroxyl groups excluding tert-OH is 1. The van der Waals surface area contributed by atoms with Gasteiger partial charge >= 0.3 is 0 Å². The van der Waals surface area contributed by atoms with Crippen molar-refractivity contribution in [2.45, 2.75) is 12.5 Å². The molecule has 0 saturated carbocycles. The summed E-state index contributed by atoms with van der Waals surface area (Å²) in [6, 6.07) is 7.82. The molecule has 2 N–H and O–H groups in total. The van der Waals surface area contributed by atoms with Gasteiger partial charge < -0.3 is 10.4 Å². The van der Waals surface area contributed by atoms with E-state index < -0.39 is 0 Å². The minimum Gasteiger partial charge on any atom is -0.394 e. The largest absolute Gasteiger partial charge is 0.394 e. The van der Waals surface area contributed by atoms with Crippen LogP contribution in [0.25, 0.3) is 0 Å². The molecule has 0 aliphatic carbocycles. The Labute approximate surface area is 76.6 Å². The Balaban J connectivity index is 2.40. The van der Waals surface area contributed by atoms with E-state index in [2.05, 4.69) is 11.4 Å². The number of fused-ring (bicyclic) bond motifs is 1. The third kappa shape index (κ3) is 1.25. The van der Waals surface area contributed by atoms with Crippen LogP contribution in [0.4, 0.5) is 5.69 Å². The maximum atomic E-state index is 8.96. The molecule has 1 atom stereocenters. The molecule has 0 amide bonds. The number of nitriles is 1. The topological polar surface area (TPSA) is 56.0 Å². The molecule has 3 heteroatoms. The van der Waals surface area contributed by atoms with Crippen molar-refractivity contribution >= 4 is 5.69 Å². The standard InChI is InChI=1S/C10H10N2O/c11-5-7-2-1-3-10-9(7)4-8(6-13)12-10/h1-3,8,12-13H,4,6H2/t8-/m0/s1. The number of aliphatic hydroxyl groups is 1. The summed E-state index contributed by atoms with van der Waals surface area (Å²) in [7, 11) is 0. The second-order valence-corrected chi connectivity index (χ2v) is 3.17. The summed E-state index contributed by atoms with van der Waals surface area (Å²) in [6.45, 7) is 0.111. The molecule has 1 heterocycles. The predicted molar refractivity (Wildman–Crippen MR) is 49.4 cm³/mol.